The standard InChI is InChI=1S/C22H26F3NO6S/c1-15(2)21(27)26(10-11-30-3)14-16-8-9-19(31-4)20(12-16)32-33(28,29)18-7-5-6-17(13-18)22(23,24)25/h5-9,12-13,15H,10-11,14H2,1-4H3. The van der Waals surface area contributed by atoms with Gasteiger partial charge in [0.05, 0.1) is 19.3 Å². The van der Waals surface area contributed by atoms with Crippen molar-refractivity contribution in [2.24, 2.45) is 5.92 Å². The van der Waals surface area contributed by atoms with Gasteiger partial charge in [-0.1, -0.05) is 26.0 Å². The zero-order valence-corrected chi connectivity index (χ0v) is 19.5. The van der Waals surface area contributed by atoms with Crippen LogP contribution in [0.1, 0.15) is 25.0 Å². The van der Waals surface area contributed by atoms with Gasteiger partial charge in [0.2, 0.25) is 5.91 Å². The van der Waals surface area contributed by atoms with Crippen molar-refractivity contribution in [1.29, 1.82) is 0 Å². The third kappa shape index (κ3) is 7.10. The van der Waals surface area contributed by atoms with Gasteiger partial charge in [-0.05, 0) is 35.9 Å². The van der Waals surface area contributed by atoms with Crippen LogP contribution in [-0.4, -0.2) is 46.6 Å². The number of benzene rings is 2. The van der Waals surface area contributed by atoms with Crippen molar-refractivity contribution in [1.82, 2.24) is 4.90 Å². The first-order chi connectivity index (χ1) is 15.4. The Labute approximate surface area is 191 Å². The second-order valence-electron chi connectivity index (χ2n) is 7.46. The van der Waals surface area contributed by atoms with Crippen LogP contribution in [0.5, 0.6) is 11.5 Å². The first-order valence-electron chi connectivity index (χ1n) is 9.95. The highest BCUT2D eigenvalue weighted by Gasteiger charge is 2.32. The van der Waals surface area contributed by atoms with Crippen LogP contribution in [0.3, 0.4) is 0 Å². The topological polar surface area (TPSA) is 82.1 Å². The number of hydrogen-bond acceptors (Lipinski definition) is 6. The van der Waals surface area contributed by atoms with Gasteiger partial charge in [-0.25, -0.2) is 0 Å². The van der Waals surface area contributed by atoms with Gasteiger partial charge in [-0.2, -0.15) is 21.6 Å². The summed E-state index contributed by atoms with van der Waals surface area (Å²) in [6.45, 7) is 4.28. The normalized spacial score (nSPS) is 12.0. The highest BCUT2D eigenvalue weighted by Crippen LogP contribution is 2.34. The Morgan fingerprint density at radius 2 is 1.76 bits per heavy atom. The molecule has 0 spiro atoms. The van der Waals surface area contributed by atoms with Gasteiger partial charge >= 0.3 is 16.3 Å². The van der Waals surface area contributed by atoms with Crippen LogP contribution < -0.4 is 8.92 Å². The van der Waals surface area contributed by atoms with Crippen molar-refractivity contribution in [2.75, 3.05) is 27.4 Å². The Morgan fingerprint density at radius 1 is 1.06 bits per heavy atom. The zero-order valence-electron chi connectivity index (χ0n) is 18.7. The van der Waals surface area contributed by atoms with E-state index in [1.165, 1.54) is 26.4 Å². The number of carbonyl (C=O) groups is 1. The predicted molar refractivity (Wildman–Crippen MR) is 114 cm³/mol. The van der Waals surface area contributed by atoms with Gasteiger partial charge in [0.25, 0.3) is 0 Å². The second-order valence-corrected chi connectivity index (χ2v) is 9.00. The number of methoxy groups -OCH3 is 2. The van der Waals surface area contributed by atoms with Crippen molar-refractivity contribution in [2.45, 2.75) is 31.5 Å². The number of rotatable bonds is 10. The maximum absolute atomic E-state index is 13.0. The van der Waals surface area contributed by atoms with E-state index in [0.717, 1.165) is 18.2 Å². The number of hydrogen-bond donors (Lipinski definition) is 0. The molecule has 0 unspecified atom stereocenters. The third-order valence-electron chi connectivity index (χ3n) is 4.62. The molecule has 2 aromatic carbocycles. The van der Waals surface area contributed by atoms with Crippen LogP contribution >= 0.6 is 0 Å². The molecule has 0 aliphatic heterocycles. The van der Waals surface area contributed by atoms with E-state index in [2.05, 4.69) is 0 Å². The van der Waals surface area contributed by atoms with Gasteiger partial charge in [-0.3, -0.25) is 4.79 Å². The molecule has 0 saturated heterocycles. The van der Waals surface area contributed by atoms with Crippen LogP contribution in [-0.2, 0) is 32.4 Å². The fourth-order valence-corrected chi connectivity index (χ4v) is 3.91. The Morgan fingerprint density at radius 3 is 2.33 bits per heavy atom. The maximum atomic E-state index is 13.0. The smallest absolute Gasteiger partial charge is 0.416 e. The van der Waals surface area contributed by atoms with Crippen molar-refractivity contribution >= 4 is 16.0 Å². The summed E-state index contributed by atoms with van der Waals surface area (Å²) < 4.78 is 79.7. The molecule has 0 saturated carbocycles. The van der Waals surface area contributed by atoms with E-state index in [1.54, 1.807) is 24.8 Å². The zero-order chi connectivity index (χ0) is 24.8. The highest BCUT2D eigenvalue weighted by atomic mass is 32.2. The fourth-order valence-electron chi connectivity index (χ4n) is 2.93. The van der Waals surface area contributed by atoms with Crippen molar-refractivity contribution in [3.63, 3.8) is 0 Å². The van der Waals surface area contributed by atoms with Crippen LogP contribution in [0.4, 0.5) is 13.2 Å². The summed E-state index contributed by atoms with van der Waals surface area (Å²) in [4.78, 5) is 13.4. The lowest BCUT2D eigenvalue weighted by Gasteiger charge is -2.25. The molecule has 0 bridgehead atoms. The Balaban J connectivity index is 2.37. The fraction of sp³-hybridized carbons (Fsp3) is 0.409. The van der Waals surface area contributed by atoms with E-state index in [4.69, 9.17) is 13.7 Å². The molecule has 0 radical (unpaired) electrons. The van der Waals surface area contributed by atoms with Gasteiger partial charge in [0.1, 0.15) is 4.90 Å². The van der Waals surface area contributed by atoms with Gasteiger partial charge in [0, 0.05) is 26.1 Å². The van der Waals surface area contributed by atoms with Crippen molar-refractivity contribution in [3.8, 4) is 11.5 Å². The first-order valence-corrected chi connectivity index (χ1v) is 11.4. The maximum Gasteiger partial charge on any atom is 0.416 e. The Hall–Kier alpha value is -2.79. The van der Waals surface area contributed by atoms with E-state index in [9.17, 15) is 26.4 Å². The van der Waals surface area contributed by atoms with E-state index < -0.39 is 26.8 Å². The number of carbonyl (C=O) groups excluding carboxylic acids is 1. The van der Waals surface area contributed by atoms with Crippen LogP contribution in [0, 0.1) is 5.92 Å². The number of nitrogens with zero attached hydrogens (tertiary/aromatic N) is 1. The van der Waals surface area contributed by atoms with Crippen LogP contribution in [0.25, 0.3) is 0 Å². The summed E-state index contributed by atoms with van der Waals surface area (Å²) in [5, 5.41) is 0. The molecule has 7 nitrogen and oxygen atoms in total. The molecular formula is C22H26F3NO6S. The summed E-state index contributed by atoms with van der Waals surface area (Å²) in [5.41, 5.74) is -0.580. The average Bonchev–Trinajstić information content (AvgIpc) is 2.75. The monoisotopic (exact) mass is 489 g/mol. The summed E-state index contributed by atoms with van der Waals surface area (Å²) in [5.74, 6) is -0.539. The Kier molecular flexibility index (Phi) is 8.73. The van der Waals surface area contributed by atoms with Crippen LogP contribution in [0.2, 0.25) is 0 Å². The predicted octanol–water partition coefficient (Wildman–Crippen LogP) is 4.11. The molecule has 0 aliphatic carbocycles. The van der Waals surface area contributed by atoms with E-state index in [0.29, 0.717) is 24.8 Å². The van der Waals surface area contributed by atoms with Gasteiger partial charge in [0.15, 0.2) is 11.5 Å². The summed E-state index contributed by atoms with van der Waals surface area (Å²) in [6.07, 6.45) is -4.71. The van der Waals surface area contributed by atoms with Crippen molar-refractivity contribution in [3.05, 3.63) is 53.6 Å². The quantitative estimate of drug-likeness (QED) is 0.467. The van der Waals surface area contributed by atoms with Crippen LogP contribution in [0.15, 0.2) is 47.4 Å². The van der Waals surface area contributed by atoms with E-state index >= 15 is 0 Å². The van der Waals surface area contributed by atoms with Gasteiger partial charge < -0.3 is 18.6 Å². The number of ether oxygens (including phenoxy) is 2. The second kappa shape index (κ2) is 10.9. The number of amides is 1. The molecule has 11 heteroatoms. The van der Waals surface area contributed by atoms with Gasteiger partial charge in [-0.15, -0.1) is 0 Å². The number of halogens is 3. The molecule has 0 N–H and O–H groups in total. The average molecular weight is 490 g/mol. The largest absolute Gasteiger partial charge is 0.493 e. The molecule has 0 atom stereocenters. The summed E-state index contributed by atoms with van der Waals surface area (Å²) in [6, 6.07) is 7.72. The van der Waals surface area contributed by atoms with Crippen molar-refractivity contribution < 1.29 is 40.0 Å². The molecule has 33 heavy (non-hydrogen) atoms. The first kappa shape index (κ1) is 26.5. The minimum absolute atomic E-state index is 0.0629. The molecule has 0 heterocycles. The summed E-state index contributed by atoms with van der Waals surface area (Å²) in [7, 11) is -1.79. The molecule has 182 valence electrons. The highest BCUT2D eigenvalue weighted by molar-refractivity contribution is 7.87. The lowest BCUT2D eigenvalue weighted by molar-refractivity contribution is -0.138. The Bertz CT molecular complexity index is 1070. The third-order valence-corrected chi connectivity index (χ3v) is 5.85. The SMILES string of the molecule is COCCN(Cc1ccc(OC)c(OS(=O)(=O)c2cccc(C(F)(F)F)c2)c1)C(=O)C(C)C. The molecular weight excluding hydrogens is 463 g/mol. The van der Waals surface area contributed by atoms with E-state index in [-0.39, 0.29) is 29.9 Å². The molecule has 0 aliphatic rings. The minimum atomic E-state index is -4.71. The lowest BCUT2D eigenvalue weighted by Crippen LogP contribution is -2.36. The molecule has 0 fully saturated rings. The molecule has 1 amide bonds. The molecule has 2 rings (SSSR count). The molecule has 0 aromatic heterocycles. The lowest BCUT2D eigenvalue weighted by atomic mass is 10.1. The minimum Gasteiger partial charge on any atom is -0.493 e. The van der Waals surface area contributed by atoms with E-state index in [1.807, 2.05) is 0 Å². The molecule has 2 aromatic rings. The summed E-state index contributed by atoms with van der Waals surface area (Å²) >= 11 is 0. The number of alkyl halides is 3.